The molecule has 0 saturated carbocycles. The lowest BCUT2D eigenvalue weighted by atomic mass is 9.58. The van der Waals surface area contributed by atoms with Gasteiger partial charge in [-0.2, -0.15) is 15.8 Å². The van der Waals surface area contributed by atoms with E-state index >= 15 is 0 Å². The summed E-state index contributed by atoms with van der Waals surface area (Å²) >= 11 is 0. The van der Waals surface area contributed by atoms with Crippen LogP contribution >= 0.6 is 0 Å². The Morgan fingerprint density at radius 1 is 1.23 bits per heavy atom. The van der Waals surface area contributed by atoms with E-state index in [1.165, 1.54) is 0 Å². The van der Waals surface area contributed by atoms with Gasteiger partial charge in [-0.1, -0.05) is 26.0 Å². The molecule has 0 spiro atoms. The largest absolute Gasteiger partial charge is 0.493 e. The second kappa shape index (κ2) is 8.72. The topological polar surface area (TPSA) is 119 Å². The third kappa shape index (κ3) is 3.72. The fourth-order valence-corrected chi connectivity index (χ4v) is 4.45. The molecule has 1 aliphatic carbocycles. The molecule has 7 nitrogen and oxygen atoms in total. The summed E-state index contributed by atoms with van der Waals surface area (Å²) in [6, 6.07) is 12.0. The van der Waals surface area contributed by atoms with Crippen molar-refractivity contribution in [3.8, 4) is 29.7 Å². The van der Waals surface area contributed by atoms with E-state index in [4.69, 9.17) is 15.2 Å². The van der Waals surface area contributed by atoms with Gasteiger partial charge in [0.15, 0.2) is 16.9 Å². The van der Waals surface area contributed by atoms with E-state index in [1.807, 2.05) is 31.3 Å². The summed E-state index contributed by atoms with van der Waals surface area (Å²) in [6.07, 6.45) is 1.97. The van der Waals surface area contributed by atoms with Gasteiger partial charge in [0.1, 0.15) is 6.07 Å². The fraction of sp³-hybridized carbons (Fsp3) is 0.458. The molecule has 1 aromatic carbocycles. The molecule has 7 heteroatoms. The quantitative estimate of drug-likeness (QED) is 0.782. The van der Waals surface area contributed by atoms with Gasteiger partial charge in [-0.05, 0) is 36.2 Å². The highest BCUT2D eigenvalue weighted by atomic mass is 16.5. The lowest BCUT2D eigenvalue weighted by Crippen LogP contribution is -2.47. The van der Waals surface area contributed by atoms with E-state index in [0.717, 1.165) is 11.1 Å². The van der Waals surface area contributed by atoms with Crippen LogP contribution < -0.4 is 15.2 Å². The zero-order valence-corrected chi connectivity index (χ0v) is 18.3. The predicted molar refractivity (Wildman–Crippen MR) is 116 cm³/mol. The first-order valence-corrected chi connectivity index (χ1v) is 10.2. The first kappa shape index (κ1) is 22.2. The minimum atomic E-state index is -1.66. The second-order valence-corrected chi connectivity index (χ2v) is 8.51. The summed E-state index contributed by atoms with van der Waals surface area (Å²) in [7, 11) is 3.54. The Morgan fingerprint density at radius 2 is 1.94 bits per heavy atom. The van der Waals surface area contributed by atoms with Gasteiger partial charge in [0, 0.05) is 24.9 Å². The number of hydrogen-bond donors (Lipinski definition) is 1. The number of likely N-dealkylation sites (N-methyl/N-ethyl adjacent to an activating group) is 1. The van der Waals surface area contributed by atoms with Gasteiger partial charge in [-0.3, -0.25) is 0 Å². The number of methoxy groups -OCH3 is 1. The van der Waals surface area contributed by atoms with E-state index in [9.17, 15) is 15.8 Å². The first-order valence-electron chi connectivity index (χ1n) is 10.2. The van der Waals surface area contributed by atoms with Gasteiger partial charge >= 0.3 is 0 Å². The number of benzene rings is 1. The van der Waals surface area contributed by atoms with Gasteiger partial charge in [0.05, 0.1) is 37.1 Å². The molecule has 2 atom stereocenters. The van der Waals surface area contributed by atoms with Gasteiger partial charge in [0.2, 0.25) is 0 Å². The fourth-order valence-electron chi connectivity index (χ4n) is 4.45. The maximum Gasteiger partial charge on any atom is 0.191 e. The Bertz CT molecular complexity index is 1040. The van der Waals surface area contributed by atoms with Crippen molar-refractivity contribution in [3.63, 3.8) is 0 Å². The van der Waals surface area contributed by atoms with Crippen molar-refractivity contribution in [2.75, 3.05) is 33.9 Å². The summed E-state index contributed by atoms with van der Waals surface area (Å²) in [5, 5.41) is 30.1. The third-order valence-electron chi connectivity index (χ3n) is 5.97. The average Bonchev–Trinajstić information content (AvgIpc) is 2.77. The molecule has 3 rings (SSSR count). The average molecular weight is 418 g/mol. The van der Waals surface area contributed by atoms with Crippen LogP contribution in [0.1, 0.15) is 25.3 Å². The molecule has 0 bridgehead atoms. The molecule has 1 aromatic rings. The van der Waals surface area contributed by atoms with Crippen molar-refractivity contribution < 1.29 is 9.47 Å². The molecule has 1 aliphatic heterocycles. The molecule has 0 unspecified atom stereocenters. The van der Waals surface area contributed by atoms with Crippen LogP contribution in [0, 0.1) is 51.2 Å². The standard InChI is InChI=1S/C24H27N5O2/c1-15(2)12-31-20-6-5-16(9-21(20)30-4)22-19-11-29(3)8-7-17(19)18(10-25)23(28)24(22,13-26)14-27/h5-7,9,15,19,22H,8,11-12,28H2,1-4H3/t19-,22+/m1/s1. The van der Waals surface area contributed by atoms with Crippen LogP contribution in [-0.4, -0.2) is 38.8 Å². The maximum atomic E-state index is 10.2. The van der Waals surface area contributed by atoms with Crippen molar-refractivity contribution in [1.29, 1.82) is 15.8 Å². The first-order chi connectivity index (χ1) is 14.8. The molecule has 2 N–H and O–H groups in total. The molecule has 31 heavy (non-hydrogen) atoms. The van der Waals surface area contributed by atoms with Crippen LogP contribution in [0.5, 0.6) is 11.5 Å². The van der Waals surface area contributed by atoms with Crippen molar-refractivity contribution in [2.24, 2.45) is 23.0 Å². The smallest absolute Gasteiger partial charge is 0.191 e. The highest BCUT2D eigenvalue weighted by molar-refractivity contribution is 5.60. The lowest BCUT2D eigenvalue weighted by molar-refractivity contribution is 0.236. The zero-order valence-electron chi connectivity index (χ0n) is 18.3. The van der Waals surface area contributed by atoms with E-state index in [1.54, 1.807) is 7.11 Å². The number of allylic oxidation sites excluding steroid dienone is 2. The van der Waals surface area contributed by atoms with E-state index in [-0.39, 0.29) is 17.2 Å². The van der Waals surface area contributed by atoms with Crippen LogP contribution in [0.3, 0.4) is 0 Å². The van der Waals surface area contributed by atoms with Crippen LogP contribution in [0.15, 0.2) is 41.1 Å². The number of ether oxygens (including phenoxy) is 2. The Morgan fingerprint density at radius 3 is 2.52 bits per heavy atom. The highest BCUT2D eigenvalue weighted by Crippen LogP contribution is 2.54. The summed E-state index contributed by atoms with van der Waals surface area (Å²) < 4.78 is 11.4. The molecule has 0 radical (unpaired) electrons. The van der Waals surface area contributed by atoms with Gasteiger partial charge in [-0.15, -0.1) is 0 Å². The van der Waals surface area contributed by atoms with E-state index < -0.39 is 11.3 Å². The van der Waals surface area contributed by atoms with Crippen molar-refractivity contribution in [3.05, 3.63) is 46.7 Å². The minimum Gasteiger partial charge on any atom is -0.493 e. The Balaban J connectivity index is 2.20. The van der Waals surface area contributed by atoms with Crippen LogP contribution in [0.2, 0.25) is 0 Å². The van der Waals surface area contributed by atoms with Crippen LogP contribution in [0.4, 0.5) is 0 Å². The molecule has 0 aromatic heterocycles. The molecule has 160 valence electrons. The molecule has 2 aliphatic rings. The Kier molecular flexibility index (Phi) is 6.25. The molecular weight excluding hydrogens is 390 g/mol. The minimum absolute atomic E-state index is 0.0242. The monoisotopic (exact) mass is 417 g/mol. The lowest BCUT2D eigenvalue weighted by Gasteiger charge is -2.45. The Labute approximate surface area is 183 Å². The summed E-state index contributed by atoms with van der Waals surface area (Å²) in [5.41, 5.74) is 6.52. The number of nitrogens with zero attached hydrogens (tertiary/aromatic N) is 4. The molecular formula is C24H27N5O2. The van der Waals surface area contributed by atoms with Crippen molar-refractivity contribution in [2.45, 2.75) is 19.8 Å². The second-order valence-electron chi connectivity index (χ2n) is 8.51. The summed E-state index contributed by atoms with van der Waals surface area (Å²) in [5.74, 6) is 0.709. The van der Waals surface area contributed by atoms with Gasteiger partial charge in [-0.25, -0.2) is 0 Å². The summed E-state index contributed by atoms with van der Waals surface area (Å²) in [4.78, 5) is 2.11. The number of nitriles is 3. The number of nitrogens with two attached hydrogens (primary N) is 1. The normalized spacial score (nSPS) is 22.6. The SMILES string of the molecule is COc1cc([C@H]2[C@@H]3CN(C)CC=C3C(C#N)=C(N)C2(C#N)C#N)ccc1OCC(C)C. The molecule has 1 heterocycles. The summed E-state index contributed by atoms with van der Waals surface area (Å²) in [6.45, 7) is 5.95. The number of hydrogen-bond acceptors (Lipinski definition) is 7. The van der Waals surface area contributed by atoms with Gasteiger partial charge in [0.25, 0.3) is 0 Å². The Hall–Kier alpha value is -3.47. The zero-order chi connectivity index (χ0) is 22.8. The predicted octanol–water partition coefficient (Wildman–Crippen LogP) is 3.09. The van der Waals surface area contributed by atoms with Crippen molar-refractivity contribution >= 4 is 0 Å². The third-order valence-corrected chi connectivity index (χ3v) is 5.97. The van der Waals surface area contributed by atoms with Crippen LogP contribution in [0.25, 0.3) is 0 Å². The maximum absolute atomic E-state index is 10.2. The molecule has 0 saturated heterocycles. The van der Waals surface area contributed by atoms with E-state index in [0.29, 0.717) is 37.1 Å². The van der Waals surface area contributed by atoms with Gasteiger partial charge < -0.3 is 20.1 Å². The van der Waals surface area contributed by atoms with E-state index in [2.05, 4.69) is 37.0 Å². The number of fused-ring (bicyclic) bond motifs is 1. The molecule has 0 fully saturated rings. The van der Waals surface area contributed by atoms with Crippen molar-refractivity contribution in [1.82, 2.24) is 4.90 Å². The number of rotatable bonds is 5. The highest BCUT2D eigenvalue weighted by Gasteiger charge is 2.54. The molecule has 0 amide bonds. The van der Waals surface area contributed by atoms with Crippen LogP contribution in [-0.2, 0) is 0 Å².